The van der Waals surface area contributed by atoms with Crippen LogP contribution >= 0.6 is 9.90 Å². The van der Waals surface area contributed by atoms with Gasteiger partial charge in [0.15, 0.2) is 0 Å². The zero-order valence-electron chi connectivity index (χ0n) is 8.72. The average molecular weight is 184 g/mol. The molecule has 1 aliphatic carbocycles. The van der Waals surface area contributed by atoms with Gasteiger partial charge in [-0.25, -0.2) is 0 Å². The second-order valence-corrected chi connectivity index (χ2v) is 4.49. The van der Waals surface area contributed by atoms with Gasteiger partial charge in [-0.1, -0.05) is 45.9 Å². The predicted molar refractivity (Wildman–Crippen MR) is 62.0 cm³/mol. The van der Waals surface area contributed by atoms with Crippen molar-refractivity contribution in [1.29, 1.82) is 0 Å². The van der Waals surface area contributed by atoms with Gasteiger partial charge in [0.05, 0.1) is 7.85 Å². The molecular weight excluding hydrogens is 162 g/mol. The summed E-state index contributed by atoms with van der Waals surface area (Å²) in [6.07, 6.45) is 3.97. The fourth-order valence-electron chi connectivity index (χ4n) is 2.28. The minimum atomic E-state index is 0. The maximum absolute atomic E-state index is 6.07. The zero-order chi connectivity index (χ0) is 8.43. The molecule has 1 saturated carbocycles. The van der Waals surface area contributed by atoms with Gasteiger partial charge in [0.25, 0.3) is 0 Å². The van der Waals surface area contributed by atoms with Gasteiger partial charge >= 0.3 is 0 Å². The Morgan fingerprint density at radius 2 is 1.83 bits per heavy atom. The molecule has 0 heterocycles. The molecule has 0 N–H and O–H groups in total. The second-order valence-electron chi connectivity index (χ2n) is 4.49. The largest absolute Gasteiger partial charge is 0.153 e. The van der Waals surface area contributed by atoms with E-state index in [2.05, 4.69) is 20.8 Å². The molecule has 0 spiro atoms. The first kappa shape index (κ1) is 12.5. The Morgan fingerprint density at radius 3 is 2.25 bits per heavy atom. The summed E-state index contributed by atoms with van der Waals surface area (Å²) in [5, 5.41) is 0. The molecule has 70 valence electrons. The molecule has 1 rings (SSSR count). The second kappa shape index (κ2) is 5.27. The molecule has 0 nitrogen and oxygen atoms in total. The quantitative estimate of drug-likeness (QED) is 0.433. The van der Waals surface area contributed by atoms with Crippen molar-refractivity contribution in [1.82, 2.24) is 0 Å². The average Bonchev–Trinajstić information content (AvgIpc) is 1.85. The molecule has 1 aliphatic rings. The summed E-state index contributed by atoms with van der Waals surface area (Å²) >= 11 is 0. The van der Waals surface area contributed by atoms with Crippen LogP contribution < -0.4 is 0 Å². The van der Waals surface area contributed by atoms with Crippen LogP contribution in [0, 0.1) is 17.8 Å². The summed E-state index contributed by atoms with van der Waals surface area (Å²) in [7, 11) is 6.07. The van der Waals surface area contributed by atoms with Gasteiger partial charge in [0.1, 0.15) is 0 Å². The first-order valence-electron chi connectivity index (χ1n) is 4.87. The predicted octanol–water partition coefficient (Wildman–Crippen LogP) is 3.09. The molecule has 0 aromatic rings. The first-order valence-corrected chi connectivity index (χ1v) is 4.87. The van der Waals surface area contributed by atoms with Crippen molar-refractivity contribution in [3.8, 4) is 0 Å². The summed E-state index contributed by atoms with van der Waals surface area (Å²) in [6, 6.07) is 0. The van der Waals surface area contributed by atoms with E-state index in [0.717, 1.165) is 17.8 Å². The van der Waals surface area contributed by atoms with E-state index in [1.54, 1.807) is 0 Å². The Bertz CT molecular complexity index is 125. The monoisotopic (exact) mass is 184 g/mol. The Kier molecular flexibility index (Phi) is 5.49. The van der Waals surface area contributed by atoms with Crippen molar-refractivity contribution in [2.75, 3.05) is 0 Å². The SMILES string of the molecule is P.[B]C1CC(C)CCC1C(C)C. The minimum absolute atomic E-state index is 0. The fourth-order valence-corrected chi connectivity index (χ4v) is 2.28. The number of rotatable bonds is 1. The van der Waals surface area contributed by atoms with Crippen LogP contribution in [-0.4, -0.2) is 7.85 Å². The van der Waals surface area contributed by atoms with Crippen molar-refractivity contribution >= 4 is 17.7 Å². The molecule has 0 saturated heterocycles. The number of hydrogen-bond donors (Lipinski definition) is 0. The lowest BCUT2D eigenvalue weighted by atomic mass is 9.62. The lowest BCUT2D eigenvalue weighted by molar-refractivity contribution is 0.236. The van der Waals surface area contributed by atoms with Crippen LogP contribution in [-0.2, 0) is 0 Å². The van der Waals surface area contributed by atoms with Crippen LogP contribution in [0.5, 0.6) is 0 Å². The highest BCUT2D eigenvalue weighted by Gasteiger charge is 2.26. The van der Waals surface area contributed by atoms with Crippen LogP contribution in [0.3, 0.4) is 0 Å². The van der Waals surface area contributed by atoms with E-state index in [1.807, 2.05) is 0 Å². The fraction of sp³-hybridized carbons (Fsp3) is 1.00. The van der Waals surface area contributed by atoms with Crippen molar-refractivity contribution in [2.45, 2.75) is 45.9 Å². The minimum Gasteiger partial charge on any atom is -0.153 e. The molecule has 0 aliphatic heterocycles. The lowest BCUT2D eigenvalue weighted by Crippen LogP contribution is -2.23. The molecule has 0 bridgehead atoms. The van der Waals surface area contributed by atoms with E-state index >= 15 is 0 Å². The standard InChI is InChI=1S/C10H19B.H3P/c1-7(2)9-5-4-8(3)6-10(9)11;/h7-10H,4-6H2,1-3H3;1H3. The maximum Gasteiger partial charge on any atom is 0.0703 e. The topological polar surface area (TPSA) is 0 Å². The third kappa shape index (κ3) is 3.09. The molecule has 4 atom stereocenters. The lowest BCUT2D eigenvalue weighted by Gasteiger charge is -2.35. The third-order valence-corrected chi connectivity index (χ3v) is 3.07. The molecular formula is C10H22BP. The molecule has 0 aromatic heterocycles. The van der Waals surface area contributed by atoms with Gasteiger partial charge in [-0.3, -0.25) is 0 Å². The van der Waals surface area contributed by atoms with Crippen molar-refractivity contribution in [2.24, 2.45) is 17.8 Å². The highest BCUT2D eigenvalue weighted by Crippen LogP contribution is 2.39. The normalized spacial score (nSPS) is 36.2. The van der Waals surface area contributed by atoms with Gasteiger partial charge in [0.2, 0.25) is 0 Å². The van der Waals surface area contributed by atoms with Crippen molar-refractivity contribution < 1.29 is 0 Å². The van der Waals surface area contributed by atoms with Gasteiger partial charge in [-0.2, -0.15) is 9.90 Å². The zero-order valence-corrected chi connectivity index (χ0v) is 10.1. The number of hydrogen-bond acceptors (Lipinski definition) is 0. The van der Waals surface area contributed by atoms with E-state index in [0.29, 0.717) is 5.82 Å². The van der Waals surface area contributed by atoms with E-state index in [1.165, 1.54) is 19.3 Å². The van der Waals surface area contributed by atoms with Gasteiger partial charge in [0, 0.05) is 0 Å². The summed E-state index contributed by atoms with van der Waals surface area (Å²) in [6.45, 7) is 6.90. The molecule has 2 heteroatoms. The summed E-state index contributed by atoms with van der Waals surface area (Å²) in [5.74, 6) is 2.89. The Balaban J connectivity index is 0.00000121. The van der Waals surface area contributed by atoms with Crippen molar-refractivity contribution in [3.05, 3.63) is 0 Å². The Morgan fingerprint density at radius 1 is 1.25 bits per heavy atom. The van der Waals surface area contributed by atoms with Gasteiger partial charge < -0.3 is 0 Å². The Labute approximate surface area is 81.9 Å². The molecule has 4 unspecified atom stereocenters. The van der Waals surface area contributed by atoms with Crippen LogP contribution in [0.4, 0.5) is 0 Å². The van der Waals surface area contributed by atoms with E-state index in [-0.39, 0.29) is 9.90 Å². The Hall–Kier alpha value is 0.495. The highest BCUT2D eigenvalue weighted by molar-refractivity contribution is 6.92. The summed E-state index contributed by atoms with van der Waals surface area (Å²) in [5.41, 5.74) is 0. The van der Waals surface area contributed by atoms with Crippen LogP contribution in [0.2, 0.25) is 5.82 Å². The molecule has 0 amide bonds. The summed E-state index contributed by atoms with van der Waals surface area (Å²) in [4.78, 5) is 0. The molecule has 1 fully saturated rings. The molecule has 12 heavy (non-hydrogen) atoms. The van der Waals surface area contributed by atoms with E-state index < -0.39 is 0 Å². The van der Waals surface area contributed by atoms with Crippen LogP contribution in [0.15, 0.2) is 0 Å². The summed E-state index contributed by atoms with van der Waals surface area (Å²) < 4.78 is 0. The van der Waals surface area contributed by atoms with Crippen LogP contribution in [0.25, 0.3) is 0 Å². The molecule has 2 radical (unpaired) electrons. The van der Waals surface area contributed by atoms with Gasteiger partial charge in [-0.15, -0.1) is 0 Å². The first-order chi connectivity index (χ1) is 5.11. The smallest absolute Gasteiger partial charge is 0.0703 e. The van der Waals surface area contributed by atoms with Crippen molar-refractivity contribution in [3.63, 3.8) is 0 Å². The highest BCUT2D eigenvalue weighted by atomic mass is 31.0. The van der Waals surface area contributed by atoms with E-state index in [4.69, 9.17) is 7.85 Å². The van der Waals surface area contributed by atoms with Gasteiger partial charge in [-0.05, 0) is 17.8 Å². The third-order valence-electron chi connectivity index (χ3n) is 3.07. The maximum atomic E-state index is 6.07. The van der Waals surface area contributed by atoms with E-state index in [9.17, 15) is 0 Å². The molecule has 0 aromatic carbocycles. The van der Waals surface area contributed by atoms with Crippen LogP contribution in [0.1, 0.15) is 40.0 Å².